The van der Waals surface area contributed by atoms with E-state index in [2.05, 4.69) is 15.9 Å². The maximum absolute atomic E-state index is 13.8. The van der Waals surface area contributed by atoms with Crippen LogP contribution in [-0.2, 0) is 16.6 Å². The fourth-order valence-electron chi connectivity index (χ4n) is 1.73. The van der Waals surface area contributed by atoms with Gasteiger partial charge in [0.15, 0.2) is 0 Å². The number of halogens is 2. The van der Waals surface area contributed by atoms with Gasteiger partial charge in [0.05, 0.1) is 6.54 Å². The lowest BCUT2D eigenvalue weighted by Crippen LogP contribution is -2.27. The van der Waals surface area contributed by atoms with E-state index >= 15 is 0 Å². The van der Waals surface area contributed by atoms with Gasteiger partial charge in [0, 0.05) is 11.5 Å². The molecule has 2 aromatic rings. The van der Waals surface area contributed by atoms with E-state index in [0.717, 1.165) is 10.4 Å². The highest BCUT2D eigenvalue weighted by Gasteiger charge is 2.25. The number of rotatable bonds is 4. The molecular weight excluding hydrogens is 349 g/mol. The Labute approximate surface area is 125 Å². The molecule has 0 saturated carbocycles. The Bertz CT molecular complexity index is 727. The van der Waals surface area contributed by atoms with Crippen molar-refractivity contribution in [2.45, 2.75) is 18.4 Å². The highest BCUT2D eigenvalue weighted by atomic mass is 79.9. The summed E-state index contributed by atoms with van der Waals surface area (Å²) in [5.41, 5.74) is 0. The van der Waals surface area contributed by atoms with Crippen molar-refractivity contribution >= 4 is 26.0 Å². The molecule has 0 aliphatic carbocycles. The van der Waals surface area contributed by atoms with Gasteiger partial charge in [-0.3, -0.25) is 0 Å². The second-order valence-electron chi connectivity index (χ2n) is 4.35. The van der Waals surface area contributed by atoms with Crippen LogP contribution in [0, 0.1) is 12.7 Å². The zero-order valence-electron chi connectivity index (χ0n) is 10.9. The normalized spacial score (nSPS) is 12.1. The minimum atomic E-state index is -3.90. The van der Waals surface area contributed by atoms with Gasteiger partial charge < -0.3 is 4.42 Å². The smallest absolute Gasteiger partial charge is 0.246 e. The van der Waals surface area contributed by atoms with Crippen LogP contribution in [0.4, 0.5) is 4.39 Å². The maximum Gasteiger partial charge on any atom is 0.246 e. The Kier molecular flexibility index (Phi) is 4.31. The zero-order chi connectivity index (χ0) is 14.9. The Balaban J connectivity index is 2.29. The minimum absolute atomic E-state index is 0.0473. The van der Waals surface area contributed by atoms with E-state index in [1.165, 1.54) is 19.2 Å². The molecular formula is C13H13BrFNO3S. The second kappa shape index (κ2) is 5.67. The molecule has 1 aromatic carbocycles. The van der Waals surface area contributed by atoms with Gasteiger partial charge in [-0.2, -0.15) is 4.31 Å². The van der Waals surface area contributed by atoms with Gasteiger partial charge in [0.25, 0.3) is 0 Å². The number of nitrogens with zero attached hydrogens (tertiary/aromatic N) is 1. The lowest BCUT2D eigenvalue weighted by atomic mass is 10.3. The molecule has 0 aliphatic rings. The van der Waals surface area contributed by atoms with Crippen molar-refractivity contribution in [3.8, 4) is 0 Å². The van der Waals surface area contributed by atoms with Crippen molar-refractivity contribution in [1.82, 2.24) is 4.31 Å². The predicted octanol–water partition coefficient (Wildman–Crippen LogP) is 3.31. The van der Waals surface area contributed by atoms with Gasteiger partial charge in [0.2, 0.25) is 10.0 Å². The molecule has 0 bridgehead atoms. The molecule has 20 heavy (non-hydrogen) atoms. The second-order valence-corrected chi connectivity index (χ2v) is 7.28. The monoisotopic (exact) mass is 361 g/mol. The first-order valence-corrected chi connectivity index (χ1v) is 8.01. The highest BCUT2D eigenvalue weighted by molar-refractivity contribution is 9.10. The lowest BCUT2D eigenvalue weighted by Gasteiger charge is -2.16. The third-order valence-electron chi connectivity index (χ3n) is 2.76. The first-order valence-electron chi connectivity index (χ1n) is 5.77. The fraction of sp³-hybridized carbons (Fsp3) is 0.231. The molecule has 1 aromatic heterocycles. The molecule has 1 heterocycles. The van der Waals surface area contributed by atoms with Gasteiger partial charge in [0.1, 0.15) is 22.2 Å². The van der Waals surface area contributed by atoms with E-state index in [4.69, 9.17) is 4.42 Å². The van der Waals surface area contributed by atoms with Crippen LogP contribution in [0.3, 0.4) is 0 Å². The SMILES string of the molecule is Cc1ccc(CN(C)S(=O)(=O)c2ccc(Br)cc2F)o1. The average molecular weight is 362 g/mol. The quantitative estimate of drug-likeness (QED) is 0.839. The summed E-state index contributed by atoms with van der Waals surface area (Å²) < 4.78 is 45.3. The molecule has 0 unspecified atom stereocenters. The highest BCUT2D eigenvalue weighted by Crippen LogP contribution is 2.23. The van der Waals surface area contributed by atoms with Crippen LogP contribution in [0.1, 0.15) is 11.5 Å². The van der Waals surface area contributed by atoms with E-state index in [-0.39, 0.29) is 11.4 Å². The molecule has 0 atom stereocenters. The van der Waals surface area contributed by atoms with E-state index in [9.17, 15) is 12.8 Å². The molecule has 7 heteroatoms. The van der Waals surface area contributed by atoms with Crippen LogP contribution in [0.2, 0.25) is 0 Å². The van der Waals surface area contributed by atoms with Gasteiger partial charge in [-0.1, -0.05) is 15.9 Å². The van der Waals surface area contributed by atoms with Crippen molar-refractivity contribution in [3.05, 3.63) is 52.1 Å². The van der Waals surface area contributed by atoms with Crippen LogP contribution in [0.25, 0.3) is 0 Å². The van der Waals surface area contributed by atoms with Gasteiger partial charge in [-0.05, 0) is 37.3 Å². The third-order valence-corrected chi connectivity index (χ3v) is 5.09. The molecule has 4 nitrogen and oxygen atoms in total. The molecule has 0 N–H and O–H groups in total. The van der Waals surface area contributed by atoms with E-state index in [0.29, 0.717) is 16.0 Å². The maximum atomic E-state index is 13.8. The molecule has 0 aliphatic heterocycles. The predicted molar refractivity (Wildman–Crippen MR) is 76.2 cm³/mol. The van der Waals surface area contributed by atoms with Crippen LogP contribution in [0.5, 0.6) is 0 Å². The van der Waals surface area contributed by atoms with Gasteiger partial charge in [-0.15, -0.1) is 0 Å². The number of benzene rings is 1. The summed E-state index contributed by atoms with van der Waals surface area (Å²) in [4.78, 5) is -0.355. The first-order chi connectivity index (χ1) is 9.30. The molecule has 0 spiro atoms. The number of furan rings is 1. The number of sulfonamides is 1. The molecule has 108 valence electrons. The van der Waals surface area contributed by atoms with Crippen LogP contribution in [-0.4, -0.2) is 19.8 Å². The van der Waals surface area contributed by atoms with Gasteiger partial charge in [-0.25, -0.2) is 12.8 Å². The average Bonchev–Trinajstić information content (AvgIpc) is 2.74. The number of hydrogen-bond donors (Lipinski definition) is 0. The molecule has 0 radical (unpaired) electrons. The fourth-order valence-corrected chi connectivity index (χ4v) is 3.24. The topological polar surface area (TPSA) is 50.5 Å². The summed E-state index contributed by atoms with van der Waals surface area (Å²) in [6.07, 6.45) is 0. The number of hydrogen-bond acceptors (Lipinski definition) is 3. The van der Waals surface area contributed by atoms with Crippen molar-refractivity contribution < 1.29 is 17.2 Å². The molecule has 0 fully saturated rings. The largest absolute Gasteiger partial charge is 0.465 e. The molecule has 2 rings (SSSR count). The summed E-state index contributed by atoms with van der Waals surface area (Å²) in [5.74, 6) is 0.411. The Morgan fingerprint density at radius 1 is 1.30 bits per heavy atom. The van der Waals surface area contributed by atoms with Gasteiger partial charge >= 0.3 is 0 Å². The Hall–Kier alpha value is -1.18. The van der Waals surface area contributed by atoms with Crippen molar-refractivity contribution in [2.75, 3.05) is 7.05 Å². The summed E-state index contributed by atoms with van der Waals surface area (Å²) in [6, 6.07) is 7.28. The van der Waals surface area contributed by atoms with Crippen molar-refractivity contribution in [3.63, 3.8) is 0 Å². The van der Waals surface area contributed by atoms with Crippen molar-refractivity contribution in [1.29, 1.82) is 0 Å². The van der Waals surface area contributed by atoms with E-state index < -0.39 is 15.8 Å². The molecule has 0 saturated heterocycles. The van der Waals surface area contributed by atoms with Crippen molar-refractivity contribution in [2.24, 2.45) is 0 Å². The zero-order valence-corrected chi connectivity index (χ0v) is 13.3. The summed E-state index contributed by atoms with van der Waals surface area (Å²) in [6.45, 7) is 1.82. The van der Waals surface area contributed by atoms with E-state index in [1.807, 2.05) is 0 Å². The summed E-state index contributed by atoms with van der Waals surface area (Å²) in [5, 5.41) is 0. The number of aryl methyl sites for hydroxylation is 1. The van der Waals surface area contributed by atoms with Crippen LogP contribution < -0.4 is 0 Å². The van der Waals surface area contributed by atoms with Crippen LogP contribution in [0.15, 0.2) is 44.1 Å². The van der Waals surface area contributed by atoms with Crippen LogP contribution >= 0.6 is 15.9 Å². The molecule has 0 amide bonds. The first kappa shape index (κ1) is 15.2. The Morgan fingerprint density at radius 3 is 2.55 bits per heavy atom. The standard InChI is InChI=1S/C13H13BrFNO3S/c1-9-3-5-11(19-9)8-16(2)20(17,18)13-6-4-10(14)7-12(13)15/h3-7H,8H2,1-2H3. The lowest BCUT2D eigenvalue weighted by molar-refractivity contribution is 0.395. The Morgan fingerprint density at radius 2 is 2.00 bits per heavy atom. The summed E-state index contributed by atoms with van der Waals surface area (Å²) in [7, 11) is -2.51. The minimum Gasteiger partial charge on any atom is -0.465 e. The third kappa shape index (κ3) is 3.11. The summed E-state index contributed by atoms with van der Waals surface area (Å²) >= 11 is 3.09. The van der Waals surface area contributed by atoms with E-state index in [1.54, 1.807) is 19.1 Å².